The van der Waals surface area contributed by atoms with Crippen LogP contribution in [0.3, 0.4) is 0 Å². The highest BCUT2D eigenvalue weighted by Gasteiger charge is 2.19. The van der Waals surface area contributed by atoms with Gasteiger partial charge in [0.05, 0.1) is 30.9 Å². The summed E-state index contributed by atoms with van der Waals surface area (Å²) in [5, 5.41) is 2.94. The molecule has 1 rings (SSSR count). The lowest BCUT2D eigenvalue weighted by molar-refractivity contribution is -0.143. The number of carbonyl (C=O) groups excluding carboxylic acids is 2. The van der Waals surface area contributed by atoms with Crippen LogP contribution in [0.15, 0.2) is 18.2 Å². The maximum atomic E-state index is 12.0. The highest BCUT2D eigenvalue weighted by atomic mass is 16.5. The normalized spacial score (nSPS) is 12.2. The maximum Gasteiger partial charge on any atom is 0.306 e. The van der Waals surface area contributed by atoms with E-state index in [4.69, 9.17) is 10.5 Å². The predicted molar refractivity (Wildman–Crippen MR) is 116 cm³/mol. The summed E-state index contributed by atoms with van der Waals surface area (Å²) in [4.78, 5) is 26.2. The zero-order valence-corrected chi connectivity index (χ0v) is 18.2. The molecule has 0 aliphatic heterocycles. The lowest BCUT2D eigenvalue weighted by Gasteiger charge is -2.31. The number of anilines is 2. The van der Waals surface area contributed by atoms with E-state index in [2.05, 4.69) is 37.9 Å². The fourth-order valence-corrected chi connectivity index (χ4v) is 3.18. The molecule has 1 aromatic rings. The van der Waals surface area contributed by atoms with E-state index in [-0.39, 0.29) is 24.3 Å². The zero-order chi connectivity index (χ0) is 21.3. The number of esters is 1. The molecule has 1 unspecified atom stereocenters. The molecule has 6 nitrogen and oxygen atoms in total. The van der Waals surface area contributed by atoms with Crippen LogP contribution in [-0.2, 0) is 14.3 Å². The Morgan fingerprint density at radius 1 is 1.11 bits per heavy atom. The molecule has 0 aliphatic rings. The Bertz CT molecular complexity index is 634. The SMILES string of the molecule is CCOC(=O)CC(C)c1ccc(N(CC(C)C)CC(C)C)c(NC(=O)CN)c1. The third-order valence-electron chi connectivity index (χ3n) is 4.34. The van der Waals surface area contributed by atoms with Crippen molar-refractivity contribution in [3.05, 3.63) is 23.8 Å². The first-order valence-electron chi connectivity index (χ1n) is 10.2. The van der Waals surface area contributed by atoms with Crippen molar-refractivity contribution in [1.29, 1.82) is 0 Å². The van der Waals surface area contributed by atoms with Crippen LogP contribution in [0.5, 0.6) is 0 Å². The molecule has 0 aromatic heterocycles. The van der Waals surface area contributed by atoms with Crippen LogP contribution in [-0.4, -0.2) is 38.1 Å². The molecule has 0 fully saturated rings. The molecule has 6 heteroatoms. The molecule has 0 heterocycles. The molecular weight excluding hydrogens is 354 g/mol. The van der Waals surface area contributed by atoms with Gasteiger partial charge in [-0.25, -0.2) is 0 Å². The number of rotatable bonds is 11. The van der Waals surface area contributed by atoms with Crippen LogP contribution < -0.4 is 16.0 Å². The van der Waals surface area contributed by atoms with Crippen molar-refractivity contribution in [1.82, 2.24) is 0 Å². The van der Waals surface area contributed by atoms with Crippen LogP contribution in [0.2, 0.25) is 0 Å². The van der Waals surface area contributed by atoms with Gasteiger partial charge in [0.1, 0.15) is 0 Å². The van der Waals surface area contributed by atoms with Crippen molar-refractivity contribution in [3.8, 4) is 0 Å². The third-order valence-corrected chi connectivity index (χ3v) is 4.34. The molecular formula is C22H37N3O3. The Morgan fingerprint density at radius 3 is 2.21 bits per heavy atom. The fourth-order valence-electron chi connectivity index (χ4n) is 3.18. The molecule has 1 amide bonds. The number of amides is 1. The summed E-state index contributed by atoms with van der Waals surface area (Å²) in [7, 11) is 0. The van der Waals surface area contributed by atoms with Crippen LogP contribution >= 0.6 is 0 Å². The minimum Gasteiger partial charge on any atom is -0.466 e. The summed E-state index contributed by atoms with van der Waals surface area (Å²) in [5.74, 6) is 0.516. The van der Waals surface area contributed by atoms with Crippen LogP contribution in [0, 0.1) is 11.8 Å². The molecule has 0 radical (unpaired) electrons. The van der Waals surface area contributed by atoms with Gasteiger partial charge >= 0.3 is 5.97 Å². The predicted octanol–water partition coefficient (Wildman–Crippen LogP) is 3.76. The Morgan fingerprint density at radius 2 is 1.71 bits per heavy atom. The van der Waals surface area contributed by atoms with Crippen molar-refractivity contribution in [2.24, 2.45) is 17.6 Å². The molecule has 1 aromatic carbocycles. The topological polar surface area (TPSA) is 84.7 Å². The smallest absolute Gasteiger partial charge is 0.306 e. The second kappa shape index (κ2) is 11.7. The molecule has 0 spiro atoms. The Kier molecular flexibility index (Phi) is 10.0. The standard InChI is InChI=1S/C22H37N3O3/c1-7-28-22(27)10-17(6)18-8-9-20(19(11-18)24-21(26)12-23)25(13-15(2)3)14-16(4)5/h8-9,11,15-17H,7,10,12-14,23H2,1-6H3,(H,24,26). The molecule has 28 heavy (non-hydrogen) atoms. The summed E-state index contributed by atoms with van der Waals surface area (Å²) in [6.07, 6.45) is 0.305. The monoisotopic (exact) mass is 391 g/mol. The van der Waals surface area contributed by atoms with Gasteiger partial charge in [-0.3, -0.25) is 9.59 Å². The number of nitrogens with two attached hydrogens (primary N) is 1. The van der Waals surface area contributed by atoms with E-state index in [1.165, 1.54) is 0 Å². The molecule has 158 valence electrons. The van der Waals surface area contributed by atoms with Gasteiger partial charge in [0, 0.05) is 13.1 Å². The average Bonchev–Trinajstić information content (AvgIpc) is 2.60. The van der Waals surface area contributed by atoms with E-state index in [1.807, 2.05) is 25.1 Å². The molecule has 0 saturated carbocycles. The molecule has 3 N–H and O–H groups in total. The van der Waals surface area contributed by atoms with E-state index in [0.717, 1.165) is 30.0 Å². The Hall–Kier alpha value is -2.08. The largest absolute Gasteiger partial charge is 0.466 e. The summed E-state index contributed by atoms with van der Waals surface area (Å²) >= 11 is 0. The average molecular weight is 392 g/mol. The molecule has 0 aliphatic carbocycles. The van der Waals surface area contributed by atoms with E-state index in [1.54, 1.807) is 6.92 Å². The van der Waals surface area contributed by atoms with Gasteiger partial charge in [0.15, 0.2) is 0 Å². The van der Waals surface area contributed by atoms with Gasteiger partial charge in [-0.05, 0) is 42.4 Å². The van der Waals surface area contributed by atoms with Crippen LogP contribution in [0.1, 0.15) is 59.4 Å². The summed E-state index contributed by atoms with van der Waals surface area (Å²) in [6.45, 7) is 14.6. The van der Waals surface area contributed by atoms with Crippen LogP contribution in [0.25, 0.3) is 0 Å². The minimum absolute atomic E-state index is 0.00900. The second-order valence-electron chi connectivity index (χ2n) is 8.13. The van der Waals surface area contributed by atoms with Crippen molar-refractivity contribution in [2.45, 2.75) is 53.9 Å². The third kappa shape index (κ3) is 7.89. The van der Waals surface area contributed by atoms with Gasteiger partial charge in [-0.1, -0.05) is 40.7 Å². The number of hydrogen-bond acceptors (Lipinski definition) is 5. The lowest BCUT2D eigenvalue weighted by Crippen LogP contribution is -2.32. The minimum atomic E-state index is -0.231. The van der Waals surface area contributed by atoms with Crippen molar-refractivity contribution < 1.29 is 14.3 Å². The molecule has 1 atom stereocenters. The zero-order valence-electron chi connectivity index (χ0n) is 18.2. The van der Waals surface area contributed by atoms with Crippen molar-refractivity contribution in [2.75, 3.05) is 36.5 Å². The van der Waals surface area contributed by atoms with E-state index in [0.29, 0.717) is 24.9 Å². The van der Waals surface area contributed by atoms with E-state index >= 15 is 0 Å². The Labute approximate surface area is 169 Å². The first-order valence-corrected chi connectivity index (χ1v) is 10.2. The van der Waals surface area contributed by atoms with Crippen molar-refractivity contribution >= 4 is 23.3 Å². The van der Waals surface area contributed by atoms with Gasteiger partial charge in [-0.2, -0.15) is 0 Å². The number of benzene rings is 1. The van der Waals surface area contributed by atoms with Gasteiger partial charge < -0.3 is 20.7 Å². The number of nitrogens with zero attached hydrogens (tertiary/aromatic N) is 1. The summed E-state index contributed by atoms with van der Waals surface area (Å²) in [6, 6.07) is 6.03. The second-order valence-corrected chi connectivity index (χ2v) is 8.13. The van der Waals surface area contributed by atoms with E-state index < -0.39 is 0 Å². The van der Waals surface area contributed by atoms with Gasteiger partial charge in [0.2, 0.25) is 5.91 Å². The highest BCUT2D eigenvalue weighted by Crippen LogP contribution is 2.32. The highest BCUT2D eigenvalue weighted by molar-refractivity contribution is 5.95. The fraction of sp³-hybridized carbons (Fsp3) is 0.636. The summed E-state index contributed by atoms with van der Waals surface area (Å²) < 4.78 is 5.06. The molecule has 0 bridgehead atoms. The first-order chi connectivity index (χ1) is 13.2. The maximum absolute atomic E-state index is 12.0. The number of carbonyl (C=O) groups is 2. The Balaban J connectivity index is 3.23. The number of ether oxygens (including phenoxy) is 1. The first kappa shape index (κ1) is 24.0. The lowest BCUT2D eigenvalue weighted by atomic mass is 9.96. The van der Waals surface area contributed by atoms with Crippen LogP contribution in [0.4, 0.5) is 11.4 Å². The van der Waals surface area contributed by atoms with Crippen molar-refractivity contribution in [3.63, 3.8) is 0 Å². The van der Waals surface area contributed by atoms with Gasteiger partial charge in [-0.15, -0.1) is 0 Å². The quantitative estimate of drug-likeness (QED) is 0.561. The molecule has 0 saturated heterocycles. The summed E-state index contributed by atoms with van der Waals surface area (Å²) in [5.41, 5.74) is 8.23. The number of hydrogen-bond donors (Lipinski definition) is 2. The van der Waals surface area contributed by atoms with E-state index in [9.17, 15) is 9.59 Å². The number of nitrogens with one attached hydrogen (secondary N) is 1. The van der Waals surface area contributed by atoms with Gasteiger partial charge in [0.25, 0.3) is 0 Å².